The summed E-state index contributed by atoms with van der Waals surface area (Å²) in [5.74, 6) is -0.195. The van der Waals surface area contributed by atoms with Crippen LogP contribution in [-0.4, -0.2) is 34.5 Å². The number of rotatable bonds is 23. The molecule has 0 bridgehead atoms. The van der Waals surface area contributed by atoms with Gasteiger partial charge in [-0.3, -0.25) is 4.79 Å². The highest BCUT2D eigenvalue weighted by Gasteiger charge is 2.12. The van der Waals surface area contributed by atoms with E-state index < -0.39 is 5.97 Å². The fourth-order valence-electron chi connectivity index (χ4n) is 3.95. The summed E-state index contributed by atoms with van der Waals surface area (Å²) in [7, 11) is 0. The first-order valence-corrected chi connectivity index (χ1v) is 13.6. The van der Waals surface area contributed by atoms with Crippen LogP contribution in [-0.2, 0) is 4.79 Å². The van der Waals surface area contributed by atoms with Crippen molar-refractivity contribution in [1.82, 2.24) is 0 Å². The highest BCUT2D eigenvalue weighted by atomic mass is 16.4. The molecule has 4 nitrogen and oxygen atoms in total. The van der Waals surface area contributed by atoms with Crippen LogP contribution in [0.15, 0.2) is 0 Å². The molecule has 0 saturated heterocycles. The minimum absolute atomic E-state index is 0.283. The Kier molecular flexibility index (Phi) is 30.9. The Labute approximate surface area is 194 Å². The molecule has 1 atom stereocenters. The molecule has 31 heavy (non-hydrogen) atoms. The highest BCUT2D eigenvalue weighted by molar-refractivity contribution is 5.66. The van der Waals surface area contributed by atoms with Gasteiger partial charge in [-0.1, -0.05) is 117 Å². The minimum atomic E-state index is -0.611. The third kappa shape index (κ3) is 31.7. The predicted octanol–water partition coefficient (Wildman–Crippen LogP) is 7.89. The van der Waals surface area contributed by atoms with Gasteiger partial charge in [-0.05, 0) is 31.6 Å². The summed E-state index contributed by atoms with van der Waals surface area (Å²) in [4.78, 5) is 11.0. The second kappa shape index (κ2) is 29.4. The summed E-state index contributed by atoms with van der Waals surface area (Å²) >= 11 is 0. The number of hydrogen-bond donors (Lipinski definition) is 3. The average Bonchev–Trinajstić information content (AvgIpc) is 2.75. The number of aliphatic hydroxyl groups excluding tert-OH is 2. The van der Waals surface area contributed by atoms with Gasteiger partial charge in [0.05, 0.1) is 0 Å². The zero-order chi connectivity index (χ0) is 23.4. The van der Waals surface area contributed by atoms with Crippen molar-refractivity contribution < 1.29 is 20.1 Å². The molecule has 0 amide bonds. The van der Waals surface area contributed by atoms with E-state index in [0.717, 1.165) is 38.5 Å². The molecule has 0 fully saturated rings. The fourth-order valence-corrected chi connectivity index (χ4v) is 3.95. The lowest BCUT2D eigenvalue weighted by Crippen LogP contribution is -2.08. The van der Waals surface area contributed by atoms with Gasteiger partial charge in [-0.2, -0.15) is 0 Å². The van der Waals surface area contributed by atoms with Crippen molar-refractivity contribution in [2.24, 2.45) is 5.92 Å². The molecule has 0 heterocycles. The number of carboxylic acids is 1. The van der Waals surface area contributed by atoms with Gasteiger partial charge in [0.25, 0.3) is 0 Å². The van der Waals surface area contributed by atoms with Crippen LogP contribution >= 0.6 is 0 Å². The van der Waals surface area contributed by atoms with Gasteiger partial charge in [0.2, 0.25) is 0 Å². The van der Waals surface area contributed by atoms with Crippen molar-refractivity contribution in [3.05, 3.63) is 0 Å². The Morgan fingerprint density at radius 3 is 1.19 bits per heavy atom. The number of aliphatic carboxylic acids is 1. The minimum Gasteiger partial charge on any atom is -0.481 e. The number of aliphatic hydroxyl groups is 2. The van der Waals surface area contributed by atoms with E-state index >= 15 is 0 Å². The molecule has 0 aromatic carbocycles. The van der Waals surface area contributed by atoms with Gasteiger partial charge in [0, 0.05) is 19.6 Å². The zero-order valence-corrected chi connectivity index (χ0v) is 21.1. The molecular formula is C27H56O4. The molecule has 4 heteroatoms. The molecule has 0 saturated carbocycles. The van der Waals surface area contributed by atoms with Crippen LogP contribution in [0, 0.1) is 5.92 Å². The Hall–Kier alpha value is -0.610. The second-order valence-electron chi connectivity index (χ2n) is 9.15. The lowest BCUT2D eigenvalue weighted by Gasteiger charge is -2.14. The van der Waals surface area contributed by atoms with Gasteiger partial charge in [0.1, 0.15) is 0 Å². The molecule has 0 aromatic rings. The summed E-state index contributed by atoms with van der Waals surface area (Å²) in [6.07, 6.45) is 24.9. The van der Waals surface area contributed by atoms with Crippen molar-refractivity contribution >= 4 is 5.97 Å². The van der Waals surface area contributed by atoms with E-state index in [9.17, 15) is 4.79 Å². The first-order valence-electron chi connectivity index (χ1n) is 13.6. The molecule has 3 N–H and O–H groups in total. The lowest BCUT2D eigenvalue weighted by atomic mass is 9.91. The summed E-state index contributed by atoms with van der Waals surface area (Å²) in [6, 6.07) is 0. The smallest absolute Gasteiger partial charge is 0.303 e. The normalized spacial score (nSPS) is 11.7. The van der Waals surface area contributed by atoms with Gasteiger partial charge >= 0.3 is 5.97 Å². The van der Waals surface area contributed by atoms with Crippen molar-refractivity contribution in [2.45, 2.75) is 149 Å². The first kappa shape index (κ1) is 32.6. The predicted molar refractivity (Wildman–Crippen MR) is 134 cm³/mol. The third-order valence-electron chi connectivity index (χ3n) is 5.96. The molecule has 1 unspecified atom stereocenters. The maximum absolute atomic E-state index is 11.0. The SMILES string of the molecule is CCCCCCCCCCC(CCCCCCCC)CC(=O)O.OCCCCCCO. The molecule has 0 aliphatic carbocycles. The van der Waals surface area contributed by atoms with E-state index in [2.05, 4.69) is 13.8 Å². The molecule has 0 radical (unpaired) electrons. The summed E-state index contributed by atoms with van der Waals surface area (Å²) in [6.45, 7) is 5.07. The molecule has 0 spiro atoms. The van der Waals surface area contributed by atoms with Crippen molar-refractivity contribution in [2.75, 3.05) is 13.2 Å². The standard InChI is InChI=1S/C21H42O2.C6H14O2/c1-3-5-7-9-11-12-14-16-18-20(19-21(22)23)17-15-13-10-8-6-4-2;7-5-3-1-2-4-6-8/h20H,3-19H2,1-2H3,(H,22,23);7-8H,1-6H2. The van der Waals surface area contributed by atoms with E-state index in [-0.39, 0.29) is 13.2 Å². The third-order valence-corrected chi connectivity index (χ3v) is 5.96. The number of carbonyl (C=O) groups is 1. The summed E-state index contributed by atoms with van der Waals surface area (Å²) in [5, 5.41) is 25.7. The van der Waals surface area contributed by atoms with E-state index in [0.29, 0.717) is 12.3 Å². The van der Waals surface area contributed by atoms with E-state index in [1.807, 2.05) is 0 Å². The van der Waals surface area contributed by atoms with Crippen molar-refractivity contribution in [1.29, 1.82) is 0 Å². The van der Waals surface area contributed by atoms with Crippen LogP contribution in [0.5, 0.6) is 0 Å². The number of carboxylic acid groups (broad SMARTS) is 1. The summed E-state index contributed by atoms with van der Waals surface area (Å²) in [5.41, 5.74) is 0. The maximum atomic E-state index is 11.0. The molecular weight excluding hydrogens is 388 g/mol. The monoisotopic (exact) mass is 444 g/mol. The van der Waals surface area contributed by atoms with Gasteiger partial charge in [-0.25, -0.2) is 0 Å². The van der Waals surface area contributed by atoms with Crippen LogP contribution in [0.1, 0.15) is 149 Å². The largest absolute Gasteiger partial charge is 0.481 e. The Balaban J connectivity index is 0. The Bertz CT molecular complexity index is 327. The van der Waals surface area contributed by atoms with Crippen molar-refractivity contribution in [3.8, 4) is 0 Å². The van der Waals surface area contributed by atoms with Crippen LogP contribution in [0.2, 0.25) is 0 Å². The highest BCUT2D eigenvalue weighted by Crippen LogP contribution is 2.22. The van der Waals surface area contributed by atoms with Gasteiger partial charge in [0.15, 0.2) is 0 Å². The Morgan fingerprint density at radius 2 is 0.871 bits per heavy atom. The molecule has 0 rings (SSSR count). The quantitative estimate of drug-likeness (QED) is 0.140. The van der Waals surface area contributed by atoms with E-state index in [4.69, 9.17) is 15.3 Å². The van der Waals surface area contributed by atoms with Crippen LogP contribution in [0.25, 0.3) is 0 Å². The van der Waals surface area contributed by atoms with Crippen LogP contribution in [0.3, 0.4) is 0 Å². The van der Waals surface area contributed by atoms with Crippen LogP contribution in [0.4, 0.5) is 0 Å². The molecule has 0 aromatic heterocycles. The van der Waals surface area contributed by atoms with E-state index in [1.165, 1.54) is 89.9 Å². The topological polar surface area (TPSA) is 77.8 Å². The van der Waals surface area contributed by atoms with Crippen molar-refractivity contribution in [3.63, 3.8) is 0 Å². The lowest BCUT2D eigenvalue weighted by molar-refractivity contribution is -0.138. The zero-order valence-electron chi connectivity index (χ0n) is 21.1. The fraction of sp³-hybridized carbons (Fsp3) is 0.963. The summed E-state index contributed by atoms with van der Waals surface area (Å²) < 4.78 is 0. The molecule has 0 aliphatic heterocycles. The van der Waals surface area contributed by atoms with E-state index in [1.54, 1.807) is 0 Å². The van der Waals surface area contributed by atoms with Crippen LogP contribution < -0.4 is 0 Å². The van der Waals surface area contributed by atoms with Gasteiger partial charge < -0.3 is 15.3 Å². The Morgan fingerprint density at radius 1 is 0.548 bits per heavy atom. The molecule has 188 valence electrons. The maximum Gasteiger partial charge on any atom is 0.303 e. The number of hydrogen-bond acceptors (Lipinski definition) is 3. The average molecular weight is 445 g/mol. The molecule has 0 aliphatic rings. The second-order valence-corrected chi connectivity index (χ2v) is 9.15. The number of unbranched alkanes of at least 4 members (excludes halogenated alkanes) is 15. The van der Waals surface area contributed by atoms with Gasteiger partial charge in [-0.15, -0.1) is 0 Å². The first-order chi connectivity index (χ1) is 15.1.